The van der Waals surface area contributed by atoms with Crippen molar-refractivity contribution >= 4 is 0 Å². The Hall–Kier alpha value is -1.64. The van der Waals surface area contributed by atoms with Crippen LogP contribution in [0, 0.1) is 5.92 Å². The lowest BCUT2D eigenvalue weighted by Crippen LogP contribution is -2.27. The van der Waals surface area contributed by atoms with Crippen LogP contribution in [0.2, 0.25) is 0 Å². The van der Waals surface area contributed by atoms with E-state index in [0.29, 0.717) is 5.92 Å². The Morgan fingerprint density at radius 3 is 2.00 bits per heavy atom. The first kappa shape index (κ1) is 14.3. The van der Waals surface area contributed by atoms with Crippen LogP contribution in [0.4, 0.5) is 0 Å². The second-order valence-corrected chi connectivity index (χ2v) is 6.21. The molecule has 110 valence electrons. The van der Waals surface area contributed by atoms with E-state index in [1.807, 2.05) is 6.92 Å². The van der Waals surface area contributed by atoms with Gasteiger partial charge in [-0.15, -0.1) is 0 Å². The fourth-order valence-corrected chi connectivity index (χ4v) is 3.36. The second-order valence-electron chi connectivity index (χ2n) is 6.21. The summed E-state index contributed by atoms with van der Waals surface area (Å²) in [6.45, 7) is 4.96. The number of aliphatic hydroxyl groups is 1. The van der Waals surface area contributed by atoms with Gasteiger partial charge in [-0.3, -0.25) is 0 Å². The fraction of sp³-hybridized carbons (Fsp3) is 0.368. The van der Waals surface area contributed by atoms with Gasteiger partial charge < -0.3 is 10.4 Å². The summed E-state index contributed by atoms with van der Waals surface area (Å²) in [5.41, 5.74) is 5.41. The molecule has 2 heteroatoms. The zero-order valence-corrected chi connectivity index (χ0v) is 12.7. The molecule has 3 rings (SSSR count). The minimum absolute atomic E-state index is 0.232. The molecule has 2 N–H and O–H groups in total. The van der Waals surface area contributed by atoms with Gasteiger partial charge in [0.1, 0.15) is 0 Å². The molecular weight excluding hydrogens is 258 g/mol. The van der Waals surface area contributed by atoms with Gasteiger partial charge in [0.15, 0.2) is 0 Å². The quantitative estimate of drug-likeness (QED) is 0.874. The summed E-state index contributed by atoms with van der Waals surface area (Å²) in [5.74, 6) is 0.463. The number of aliphatic hydroxyl groups excluding tert-OH is 1. The van der Waals surface area contributed by atoms with Gasteiger partial charge in [-0.2, -0.15) is 0 Å². The number of hydrogen-bond donors (Lipinski definition) is 2. The predicted molar refractivity (Wildman–Crippen MR) is 87.2 cm³/mol. The summed E-state index contributed by atoms with van der Waals surface area (Å²) < 4.78 is 0. The third kappa shape index (κ3) is 2.87. The van der Waals surface area contributed by atoms with Gasteiger partial charge >= 0.3 is 0 Å². The molecule has 0 aliphatic heterocycles. The minimum atomic E-state index is -0.232. The average Bonchev–Trinajstić information content (AvgIpc) is 2.79. The molecule has 0 bridgehead atoms. The maximum atomic E-state index is 9.50. The maximum Gasteiger partial charge on any atom is 0.0589 e. The predicted octanol–water partition coefficient (Wildman–Crippen LogP) is 3.75. The molecule has 1 aliphatic rings. The van der Waals surface area contributed by atoms with E-state index in [9.17, 15) is 5.11 Å². The highest BCUT2D eigenvalue weighted by Crippen LogP contribution is 2.42. The molecule has 0 heterocycles. The third-order valence-electron chi connectivity index (χ3n) is 4.25. The number of nitrogens with one attached hydrogen (secondary N) is 1. The van der Waals surface area contributed by atoms with Crippen LogP contribution in [0.15, 0.2) is 48.5 Å². The average molecular weight is 281 g/mol. The molecule has 0 fully saturated rings. The Kier molecular flexibility index (Phi) is 4.09. The minimum Gasteiger partial charge on any atom is -0.393 e. The third-order valence-corrected chi connectivity index (χ3v) is 4.25. The number of rotatable bonds is 5. The molecule has 0 saturated heterocycles. The molecule has 0 amide bonds. The van der Waals surface area contributed by atoms with Gasteiger partial charge in [0.25, 0.3) is 0 Å². The molecule has 2 unspecified atom stereocenters. The standard InChI is InChI=1S/C19H23NO/c1-13(11-14(2)21)12-20-19-17-9-5-3-7-15(17)16-8-4-6-10-18(16)19/h3-10,13-14,19-21H,11-12H2,1-2H3. The van der Waals surface area contributed by atoms with E-state index in [0.717, 1.165) is 13.0 Å². The molecule has 0 radical (unpaired) electrons. The lowest BCUT2D eigenvalue weighted by atomic mass is 10.0. The van der Waals surface area contributed by atoms with E-state index in [1.54, 1.807) is 0 Å². The Balaban J connectivity index is 1.82. The zero-order chi connectivity index (χ0) is 14.8. The van der Waals surface area contributed by atoms with Crippen molar-refractivity contribution in [3.05, 3.63) is 59.7 Å². The summed E-state index contributed by atoms with van der Waals surface area (Å²) in [5, 5.41) is 13.2. The first-order valence-electron chi connectivity index (χ1n) is 7.76. The summed E-state index contributed by atoms with van der Waals surface area (Å²) in [4.78, 5) is 0. The summed E-state index contributed by atoms with van der Waals surface area (Å²) >= 11 is 0. The number of benzene rings is 2. The van der Waals surface area contributed by atoms with Crippen LogP contribution in [0.1, 0.15) is 37.4 Å². The first-order chi connectivity index (χ1) is 10.2. The van der Waals surface area contributed by atoms with Gasteiger partial charge in [-0.1, -0.05) is 55.5 Å². The Bertz CT molecular complexity index is 575. The molecule has 2 nitrogen and oxygen atoms in total. The molecule has 2 aromatic rings. The summed E-state index contributed by atoms with van der Waals surface area (Å²) in [7, 11) is 0. The molecule has 2 aromatic carbocycles. The van der Waals surface area contributed by atoms with E-state index in [2.05, 4.69) is 60.8 Å². The Labute approximate surface area is 126 Å². The SMILES string of the molecule is CC(O)CC(C)CNC1c2ccccc2-c2ccccc21. The van der Waals surface area contributed by atoms with Crippen LogP contribution in [-0.4, -0.2) is 17.8 Å². The van der Waals surface area contributed by atoms with Crippen LogP contribution in [-0.2, 0) is 0 Å². The molecule has 0 aromatic heterocycles. The molecule has 0 spiro atoms. The molecule has 0 saturated carbocycles. The Morgan fingerprint density at radius 1 is 0.952 bits per heavy atom. The van der Waals surface area contributed by atoms with Crippen molar-refractivity contribution < 1.29 is 5.11 Å². The lowest BCUT2D eigenvalue weighted by Gasteiger charge is -2.20. The van der Waals surface area contributed by atoms with Crippen LogP contribution < -0.4 is 5.32 Å². The van der Waals surface area contributed by atoms with E-state index < -0.39 is 0 Å². The Morgan fingerprint density at radius 2 is 1.48 bits per heavy atom. The van der Waals surface area contributed by atoms with Gasteiger partial charge in [-0.05, 0) is 48.1 Å². The summed E-state index contributed by atoms with van der Waals surface area (Å²) in [6.07, 6.45) is 0.605. The van der Waals surface area contributed by atoms with Gasteiger partial charge in [0.2, 0.25) is 0 Å². The van der Waals surface area contributed by atoms with Crippen molar-refractivity contribution in [1.82, 2.24) is 5.32 Å². The van der Waals surface area contributed by atoms with Gasteiger partial charge in [0.05, 0.1) is 12.1 Å². The van der Waals surface area contributed by atoms with Crippen molar-refractivity contribution in [2.45, 2.75) is 32.4 Å². The zero-order valence-electron chi connectivity index (χ0n) is 12.7. The molecule has 2 atom stereocenters. The molecular formula is C19H23NO. The maximum absolute atomic E-state index is 9.50. The van der Waals surface area contributed by atoms with E-state index in [-0.39, 0.29) is 12.1 Å². The highest BCUT2D eigenvalue weighted by atomic mass is 16.3. The van der Waals surface area contributed by atoms with Crippen LogP contribution in [0.25, 0.3) is 11.1 Å². The van der Waals surface area contributed by atoms with Gasteiger partial charge in [0, 0.05) is 0 Å². The van der Waals surface area contributed by atoms with Gasteiger partial charge in [-0.25, -0.2) is 0 Å². The van der Waals surface area contributed by atoms with Crippen LogP contribution in [0.5, 0.6) is 0 Å². The first-order valence-corrected chi connectivity index (χ1v) is 7.76. The van der Waals surface area contributed by atoms with Crippen molar-refractivity contribution in [2.24, 2.45) is 5.92 Å². The van der Waals surface area contributed by atoms with E-state index in [1.165, 1.54) is 22.3 Å². The van der Waals surface area contributed by atoms with Crippen molar-refractivity contribution in [3.63, 3.8) is 0 Å². The highest BCUT2D eigenvalue weighted by molar-refractivity contribution is 5.78. The normalized spacial score (nSPS) is 16.3. The van der Waals surface area contributed by atoms with Crippen molar-refractivity contribution in [1.29, 1.82) is 0 Å². The topological polar surface area (TPSA) is 32.3 Å². The second kappa shape index (κ2) is 6.00. The fourth-order valence-electron chi connectivity index (χ4n) is 3.36. The van der Waals surface area contributed by atoms with Crippen molar-refractivity contribution in [2.75, 3.05) is 6.54 Å². The highest BCUT2D eigenvalue weighted by Gasteiger charge is 2.27. The number of fused-ring (bicyclic) bond motifs is 3. The molecule has 1 aliphatic carbocycles. The smallest absolute Gasteiger partial charge is 0.0589 e. The lowest BCUT2D eigenvalue weighted by molar-refractivity contribution is 0.163. The summed E-state index contributed by atoms with van der Waals surface area (Å²) in [6, 6.07) is 17.5. The molecule has 21 heavy (non-hydrogen) atoms. The number of hydrogen-bond acceptors (Lipinski definition) is 2. The van der Waals surface area contributed by atoms with Crippen LogP contribution in [0.3, 0.4) is 0 Å². The largest absolute Gasteiger partial charge is 0.393 e. The monoisotopic (exact) mass is 281 g/mol. The van der Waals surface area contributed by atoms with Crippen molar-refractivity contribution in [3.8, 4) is 11.1 Å². The van der Waals surface area contributed by atoms with E-state index in [4.69, 9.17) is 0 Å². The van der Waals surface area contributed by atoms with Crippen LogP contribution >= 0.6 is 0 Å². The van der Waals surface area contributed by atoms with E-state index >= 15 is 0 Å².